The number of benzene rings is 2. The van der Waals surface area contributed by atoms with E-state index in [9.17, 15) is 9.50 Å². The molecule has 0 saturated carbocycles. The summed E-state index contributed by atoms with van der Waals surface area (Å²) in [5, 5.41) is 11.0. The zero-order chi connectivity index (χ0) is 15.8. The zero-order valence-corrected chi connectivity index (χ0v) is 13.7. The summed E-state index contributed by atoms with van der Waals surface area (Å²) in [5.41, 5.74) is 2.27. The van der Waals surface area contributed by atoms with Crippen molar-refractivity contribution in [2.75, 3.05) is 0 Å². The Hall–Kier alpha value is -1.09. The summed E-state index contributed by atoms with van der Waals surface area (Å²) in [6.07, 6.45) is 0.353. The quantitative estimate of drug-likeness (QED) is 0.768. The molecule has 2 rings (SSSR count). The summed E-state index contributed by atoms with van der Waals surface area (Å²) in [7, 11) is 0. The third kappa shape index (κ3) is 3.39. The minimum Gasteiger partial charge on any atom is -0.385 e. The lowest BCUT2D eigenvalue weighted by atomic mass is 9.85. The fraction of sp³-hybridized carbons (Fsp3) is 0.294. The molecule has 0 aliphatic carbocycles. The van der Waals surface area contributed by atoms with Gasteiger partial charge in [-0.2, -0.15) is 0 Å². The molecule has 21 heavy (non-hydrogen) atoms. The smallest absolute Gasteiger partial charge is 0.142 e. The molecule has 1 atom stereocenters. The molecule has 0 fully saturated rings. The van der Waals surface area contributed by atoms with Gasteiger partial charge in [-0.1, -0.05) is 41.4 Å². The van der Waals surface area contributed by atoms with Crippen molar-refractivity contribution in [1.82, 2.24) is 0 Å². The van der Waals surface area contributed by atoms with Crippen LogP contribution in [0.3, 0.4) is 0 Å². The molecule has 0 amide bonds. The van der Waals surface area contributed by atoms with Crippen LogP contribution in [0.2, 0.25) is 10.0 Å². The summed E-state index contributed by atoms with van der Waals surface area (Å²) in [4.78, 5) is 0. The van der Waals surface area contributed by atoms with Crippen LogP contribution in [0.15, 0.2) is 30.3 Å². The molecule has 1 unspecified atom stereocenters. The van der Waals surface area contributed by atoms with Crippen molar-refractivity contribution in [2.45, 2.75) is 32.8 Å². The van der Waals surface area contributed by atoms with Gasteiger partial charge in [-0.15, -0.1) is 0 Å². The van der Waals surface area contributed by atoms with Crippen molar-refractivity contribution < 1.29 is 9.50 Å². The maximum Gasteiger partial charge on any atom is 0.142 e. The summed E-state index contributed by atoms with van der Waals surface area (Å²) in [6.45, 7) is 5.61. The minimum absolute atomic E-state index is 0.0494. The lowest BCUT2D eigenvalue weighted by Gasteiger charge is -2.27. The van der Waals surface area contributed by atoms with Crippen molar-refractivity contribution in [2.24, 2.45) is 0 Å². The summed E-state index contributed by atoms with van der Waals surface area (Å²) in [5.74, 6) is -0.585. The second-order valence-electron chi connectivity index (χ2n) is 5.57. The van der Waals surface area contributed by atoms with Crippen molar-refractivity contribution in [3.63, 3.8) is 0 Å². The molecule has 1 N–H and O–H groups in total. The zero-order valence-electron chi connectivity index (χ0n) is 12.2. The van der Waals surface area contributed by atoms with E-state index in [1.807, 2.05) is 32.0 Å². The fourth-order valence-corrected chi connectivity index (χ4v) is 3.09. The number of halogens is 3. The first-order valence-electron chi connectivity index (χ1n) is 6.65. The maximum atomic E-state index is 13.7. The standard InChI is InChI=1S/C17H17Cl2FO/c1-10-5-4-6-11(2)12(10)9-17(3,21)13-7-16(20)15(19)8-14(13)18/h4-8,21H,9H2,1-3H3. The second kappa shape index (κ2) is 5.96. The highest BCUT2D eigenvalue weighted by Crippen LogP contribution is 2.35. The van der Waals surface area contributed by atoms with Crippen LogP contribution in [-0.2, 0) is 12.0 Å². The lowest BCUT2D eigenvalue weighted by Crippen LogP contribution is -2.26. The van der Waals surface area contributed by atoms with Gasteiger partial charge in [-0.3, -0.25) is 0 Å². The monoisotopic (exact) mass is 326 g/mol. The van der Waals surface area contributed by atoms with E-state index in [4.69, 9.17) is 23.2 Å². The SMILES string of the molecule is Cc1cccc(C)c1CC(C)(O)c1cc(F)c(Cl)cc1Cl. The van der Waals surface area contributed by atoms with Gasteiger partial charge < -0.3 is 5.11 Å². The normalized spacial score (nSPS) is 14.0. The number of hydrogen-bond donors (Lipinski definition) is 1. The van der Waals surface area contributed by atoms with E-state index >= 15 is 0 Å². The average Bonchev–Trinajstić information content (AvgIpc) is 2.38. The number of aliphatic hydroxyl groups is 1. The Labute approximate surface area is 134 Å². The lowest BCUT2D eigenvalue weighted by molar-refractivity contribution is 0.0571. The number of hydrogen-bond acceptors (Lipinski definition) is 1. The van der Waals surface area contributed by atoms with Crippen LogP contribution in [0.5, 0.6) is 0 Å². The van der Waals surface area contributed by atoms with Crippen LogP contribution in [0.1, 0.15) is 29.2 Å². The molecule has 2 aromatic carbocycles. The van der Waals surface area contributed by atoms with E-state index in [1.165, 1.54) is 12.1 Å². The Morgan fingerprint density at radius 1 is 1.10 bits per heavy atom. The summed E-state index contributed by atoms with van der Waals surface area (Å²) in [6, 6.07) is 8.48. The van der Waals surface area contributed by atoms with Gasteiger partial charge in [0.2, 0.25) is 0 Å². The van der Waals surface area contributed by atoms with E-state index in [2.05, 4.69) is 0 Å². The molecule has 1 nitrogen and oxygen atoms in total. The van der Waals surface area contributed by atoms with Gasteiger partial charge in [0, 0.05) is 17.0 Å². The minimum atomic E-state index is -1.28. The number of rotatable bonds is 3. The fourth-order valence-electron chi connectivity index (χ4n) is 2.50. The van der Waals surface area contributed by atoms with E-state index in [1.54, 1.807) is 6.92 Å². The van der Waals surface area contributed by atoms with Crippen LogP contribution < -0.4 is 0 Å². The molecule has 0 radical (unpaired) electrons. The van der Waals surface area contributed by atoms with E-state index in [-0.39, 0.29) is 10.0 Å². The van der Waals surface area contributed by atoms with Crippen LogP contribution >= 0.6 is 23.2 Å². The largest absolute Gasteiger partial charge is 0.385 e. The Morgan fingerprint density at radius 2 is 1.67 bits per heavy atom. The van der Waals surface area contributed by atoms with Crippen molar-refractivity contribution in [3.8, 4) is 0 Å². The molecule has 0 aliphatic rings. The third-order valence-electron chi connectivity index (χ3n) is 3.76. The topological polar surface area (TPSA) is 20.2 Å². The van der Waals surface area contributed by atoms with Crippen LogP contribution in [0, 0.1) is 19.7 Å². The second-order valence-corrected chi connectivity index (χ2v) is 6.38. The van der Waals surface area contributed by atoms with Crippen molar-refractivity contribution >= 4 is 23.2 Å². The Balaban J connectivity index is 2.45. The van der Waals surface area contributed by atoms with E-state index in [0.717, 1.165) is 16.7 Å². The first kappa shape index (κ1) is 16.3. The first-order chi connectivity index (χ1) is 9.72. The van der Waals surface area contributed by atoms with E-state index < -0.39 is 11.4 Å². The van der Waals surface area contributed by atoms with Gasteiger partial charge >= 0.3 is 0 Å². The highest BCUT2D eigenvalue weighted by Gasteiger charge is 2.28. The third-order valence-corrected chi connectivity index (χ3v) is 4.36. The molecule has 0 aliphatic heterocycles. The predicted octanol–water partition coefficient (Wildman–Crippen LogP) is 5.20. The Morgan fingerprint density at radius 3 is 2.24 bits per heavy atom. The summed E-state index contributed by atoms with van der Waals surface area (Å²) >= 11 is 11.8. The van der Waals surface area contributed by atoms with Crippen molar-refractivity contribution in [1.29, 1.82) is 0 Å². The van der Waals surface area contributed by atoms with Gasteiger partial charge in [0.1, 0.15) is 5.82 Å². The van der Waals surface area contributed by atoms with Gasteiger partial charge in [0.25, 0.3) is 0 Å². The molecule has 112 valence electrons. The summed E-state index contributed by atoms with van der Waals surface area (Å²) < 4.78 is 13.7. The molecule has 4 heteroatoms. The van der Waals surface area contributed by atoms with Crippen molar-refractivity contribution in [3.05, 3.63) is 68.4 Å². The highest BCUT2D eigenvalue weighted by molar-refractivity contribution is 6.35. The molecule has 0 heterocycles. The predicted molar refractivity (Wildman–Crippen MR) is 85.6 cm³/mol. The molecular formula is C17H17Cl2FO. The van der Waals surface area contributed by atoms with Gasteiger partial charge in [-0.25, -0.2) is 4.39 Å². The van der Waals surface area contributed by atoms with Gasteiger partial charge in [0.05, 0.1) is 10.6 Å². The molecule has 0 bridgehead atoms. The molecule has 0 saturated heterocycles. The average molecular weight is 327 g/mol. The molecular weight excluding hydrogens is 310 g/mol. The van der Waals surface area contributed by atoms with E-state index in [0.29, 0.717) is 12.0 Å². The van der Waals surface area contributed by atoms with Crippen LogP contribution in [0.25, 0.3) is 0 Å². The van der Waals surface area contributed by atoms with Crippen LogP contribution in [0.4, 0.5) is 4.39 Å². The van der Waals surface area contributed by atoms with Gasteiger partial charge in [-0.05, 0) is 49.6 Å². The maximum absolute atomic E-state index is 13.7. The number of aryl methyl sites for hydroxylation is 2. The van der Waals surface area contributed by atoms with Gasteiger partial charge in [0.15, 0.2) is 0 Å². The Kier molecular flexibility index (Phi) is 4.62. The molecule has 2 aromatic rings. The molecule has 0 aromatic heterocycles. The Bertz CT molecular complexity index is 660. The highest BCUT2D eigenvalue weighted by atomic mass is 35.5. The molecule has 0 spiro atoms. The van der Waals surface area contributed by atoms with Crippen LogP contribution in [-0.4, -0.2) is 5.11 Å². The first-order valence-corrected chi connectivity index (χ1v) is 7.40.